The lowest BCUT2D eigenvalue weighted by atomic mass is 10.2. The molecular weight excluding hydrogens is 535 g/mol. The number of nitrogens with zero attached hydrogens (tertiary/aromatic N) is 2. The molecule has 0 radical (unpaired) electrons. The fourth-order valence-corrected chi connectivity index (χ4v) is 2.95. The van der Waals surface area contributed by atoms with Crippen molar-refractivity contribution < 1.29 is 9.53 Å². The monoisotopic (exact) mass is 560 g/mol. The Balaban J connectivity index is 0.00000392. The Morgan fingerprint density at radius 2 is 1.75 bits per heavy atom. The highest BCUT2D eigenvalue weighted by Gasteiger charge is 2.09. The van der Waals surface area contributed by atoms with E-state index in [-0.39, 0.29) is 29.9 Å². The summed E-state index contributed by atoms with van der Waals surface area (Å²) in [5, 5.41) is 6.15. The van der Waals surface area contributed by atoms with E-state index in [1.807, 2.05) is 30.1 Å². The van der Waals surface area contributed by atoms with Gasteiger partial charge in [0, 0.05) is 43.8 Å². The highest BCUT2D eigenvalue weighted by molar-refractivity contribution is 14.0. The summed E-state index contributed by atoms with van der Waals surface area (Å²) in [4.78, 5) is 18.5. The van der Waals surface area contributed by atoms with Crippen LogP contribution >= 0.6 is 39.9 Å². The van der Waals surface area contributed by atoms with Crippen LogP contribution in [-0.4, -0.2) is 51.1 Å². The maximum atomic E-state index is 12.1. The lowest BCUT2D eigenvalue weighted by molar-refractivity contribution is 0.0954. The molecule has 0 aliphatic heterocycles. The van der Waals surface area contributed by atoms with E-state index in [9.17, 15) is 4.79 Å². The first-order valence-corrected chi connectivity index (χ1v) is 9.42. The molecule has 2 aromatic rings. The molecule has 28 heavy (non-hydrogen) atoms. The summed E-state index contributed by atoms with van der Waals surface area (Å²) in [5.74, 6) is 1.38. The number of amides is 1. The van der Waals surface area contributed by atoms with Crippen molar-refractivity contribution in [3.63, 3.8) is 0 Å². The Bertz CT molecular complexity index is 784. The molecule has 0 atom stereocenters. The van der Waals surface area contributed by atoms with Crippen LogP contribution in [0, 0.1) is 0 Å². The van der Waals surface area contributed by atoms with Crippen LogP contribution in [0.2, 0.25) is 0 Å². The highest BCUT2D eigenvalue weighted by atomic mass is 127. The zero-order valence-corrected chi connectivity index (χ0v) is 20.2. The molecule has 0 fully saturated rings. The van der Waals surface area contributed by atoms with Crippen molar-refractivity contribution in [1.29, 1.82) is 0 Å². The number of carbonyl (C=O) groups is 1. The van der Waals surface area contributed by atoms with E-state index in [4.69, 9.17) is 4.74 Å². The topological polar surface area (TPSA) is 66.0 Å². The van der Waals surface area contributed by atoms with Crippen molar-refractivity contribution in [1.82, 2.24) is 15.5 Å². The fourth-order valence-electron chi connectivity index (χ4n) is 2.54. The molecule has 1 amide bonds. The summed E-state index contributed by atoms with van der Waals surface area (Å²) in [6, 6.07) is 15.1. The average Bonchev–Trinajstić information content (AvgIpc) is 2.69. The number of aliphatic imine (C=N–C) groups is 1. The zero-order valence-electron chi connectivity index (χ0n) is 16.2. The second-order valence-corrected chi connectivity index (χ2v) is 6.76. The zero-order chi connectivity index (χ0) is 19.6. The molecule has 0 aliphatic carbocycles. The Hall–Kier alpha value is -1.81. The maximum Gasteiger partial charge on any atom is 0.251 e. The Morgan fingerprint density at radius 3 is 2.36 bits per heavy atom. The molecule has 0 saturated carbocycles. The number of halogens is 2. The fraction of sp³-hybridized carbons (Fsp3) is 0.300. The van der Waals surface area contributed by atoms with Crippen LogP contribution in [0.3, 0.4) is 0 Å². The van der Waals surface area contributed by atoms with Crippen LogP contribution in [-0.2, 0) is 6.54 Å². The predicted molar refractivity (Wildman–Crippen MR) is 128 cm³/mol. The van der Waals surface area contributed by atoms with Crippen LogP contribution in [0.25, 0.3) is 0 Å². The summed E-state index contributed by atoms with van der Waals surface area (Å²) in [6.07, 6.45) is 0. The number of carbonyl (C=O) groups excluding carboxylic acids is 1. The summed E-state index contributed by atoms with van der Waals surface area (Å²) < 4.78 is 6.16. The Labute approximate surface area is 191 Å². The third-order valence-corrected chi connectivity index (χ3v) is 4.76. The van der Waals surface area contributed by atoms with Crippen LogP contribution < -0.4 is 15.4 Å². The molecule has 2 rings (SSSR count). The van der Waals surface area contributed by atoms with Gasteiger partial charge >= 0.3 is 0 Å². The van der Waals surface area contributed by atoms with Crippen molar-refractivity contribution in [2.24, 2.45) is 4.99 Å². The van der Waals surface area contributed by atoms with E-state index in [0.29, 0.717) is 18.7 Å². The van der Waals surface area contributed by atoms with Gasteiger partial charge in [0.15, 0.2) is 5.96 Å². The minimum absolute atomic E-state index is 0. The van der Waals surface area contributed by atoms with Gasteiger partial charge in [-0.3, -0.25) is 9.79 Å². The number of ether oxygens (including phenoxy) is 1. The van der Waals surface area contributed by atoms with Crippen molar-refractivity contribution in [2.45, 2.75) is 6.54 Å². The van der Waals surface area contributed by atoms with Crippen molar-refractivity contribution in [3.05, 3.63) is 64.1 Å². The smallest absolute Gasteiger partial charge is 0.251 e. The molecule has 0 aromatic heterocycles. The Kier molecular flexibility index (Phi) is 10.9. The van der Waals surface area contributed by atoms with Crippen LogP contribution in [0.1, 0.15) is 15.9 Å². The van der Waals surface area contributed by atoms with Crippen molar-refractivity contribution >= 4 is 51.8 Å². The van der Waals surface area contributed by atoms with Crippen molar-refractivity contribution in [3.8, 4) is 5.75 Å². The number of methoxy groups -OCH3 is 1. The number of nitrogens with one attached hydrogen (secondary N) is 2. The second kappa shape index (κ2) is 12.6. The van der Waals surface area contributed by atoms with Crippen LogP contribution in [0.15, 0.2) is 58.0 Å². The summed E-state index contributed by atoms with van der Waals surface area (Å²) in [5.41, 5.74) is 1.78. The average molecular weight is 561 g/mol. The lowest BCUT2D eigenvalue weighted by Gasteiger charge is -2.22. The van der Waals surface area contributed by atoms with Gasteiger partial charge in [-0.05, 0) is 35.9 Å². The standard InChI is InChI=1S/C20H25BrN4O2.HI/c1-22-20(25(2)14-16-6-4-5-7-18(16)21)24-13-12-23-19(26)15-8-10-17(27-3)11-9-15;/h4-11H,12-14H2,1-3H3,(H,22,24)(H,23,26);1H. The SMILES string of the molecule is CN=C(NCCNC(=O)c1ccc(OC)cc1)N(C)Cc1ccccc1Br.I. The number of guanidine groups is 1. The van der Waals surface area contributed by atoms with Crippen molar-refractivity contribution in [2.75, 3.05) is 34.3 Å². The molecular formula is C20H26BrIN4O2. The van der Waals surface area contributed by atoms with E-state index < -0.39 is 0 Å². The summed E-state index contributed by atoms with van der Waals surface area (Å²) in [7, 11) is 5.32. The van der Waals surface area contributed by atoms with Gasteiger partial charge in [0.1, 0.15) is 5.75 Å². The van der Waals surface area contributed by atoms with Gasteiger partial charge in [0.2, 0.25) is 0 Å². The minimum atomic E-state index is -0.115. The third kappa shape index (κ3) is 7.31. The maximum absolute atomic E-state index is 12.1. The largest absolute Gasteiger partial charge is 0.497 e. The normalized spacial score (nSPS) is 10.6. The van der Waals surface area contributed by atoms with Gasteiger partial charge in [-0.25, -0.2) is 0 Å². The number of rotatable bonds is 7. The van der Waals surface area contributed by atoms with E-state index in [1.165, 1.54) is 5.56 Å². The van der Waals surface area contributed by atoms with E-state index in [2.05, 4.69) is 37.6 Å². The third-order valence-electron chi connectivity index (χ3n) is 3.98. The minimum Gasteiger partial charge on any atom is -0.497 e. The van der Waals surface area contributed by atoms with Gasteiger partial charge in [0.25, 0.3) is 5.91 Å². The first-order chi connectivity index (χ1) is 13.0. The molecule has 0 heterocycles. The number of hydrogen-bond donors (Lipinski definition) is 2. The van der Waals surface area contributed by atoms with Gasteiger partial charge in [-0.1, -0.05) is 34.1 Å². The second-order valence-electron chi connectivity index (χ2n) is 5.91. The summed E-state index contributed by atoms with van der Waals surface area (Å²) >= 11 is 3.56. The Morgan fingerprint density at radius 1 is 1.11 bits per heavy atom. The molecule has 152 valence electrons. The first-order valence-electron chi connectivity index (χ1n) is 8.62. The lowest BCUT2D eigenvalue weighted by Crippen LogP contribution is -2.42. The molecule has 0 unspecified atom stereocenters. The molecule has 2 aromatic carbocycles. The molecule has 0 aliphatic rings. The van der Waals surface area contributed by atoms with E-state index in [0.717, 1.165) is 22.7 Å². The highest BCUT2D eigenvalue weighted by Crippen LogP contribution is 2.17. The molecule has 8 heteroatoms. The summed E-state index contributed by atoms with van der Waals surface area (Å²) in [6.45, 7) is 1.79. The van der Waals surface area contributed by atoms with E-state index in [1.54, 1.807) is 38.4 Å². The number of hydrogen-bond acceptors (Lipinski definition) is 3. The quantitative estimate of drug-likeness (QED) is 0.235. The van der Waals surface area contributed by atoms with Crippen LogP contribution in [0.5, 0.6) is 5.75 Å². The molecule has 0 bridgehead atoms. The molecule has 2 N–H and O–H groups in total. The number of benzene rings is 2. The van der Waals surface area contributed by atoms with Gasteiger partial charge in [0.05, 0.1) is 7.11 Å². The first kappa shape index (κ1) is 24.2. The van der Waals surface area contributed by atoms with Gasteiger partial charge in [-0.2, -0.15) is 0 Å². The van der Waals surface area contributed by atoms with Crippen LogP contribution in [0.4, 0.5) is 0 Å². The molecule has 0 saturated heterocycles. The van der Waals surface area contributed by atoms with Gasteiger partial charge < -0.3 is 20.3 Å². The predicted octanol–water partition coefficient (Wildman–Crippen LogP) is 3.51. The molecule has 6 nitrogen and oxygen atoms in total. The molecule has 0 spiro atoms. The van der Waals surface area contributed by atoms with Gasteiger partial charge in [-0.15, -0.1) is 24.0 Å². The van der Waals surface area contributed by atoms with E-state index >= 15 is 0 Å².